The molecule has 0 bridgehead atoms. The fourth-order valence-corrected chi connectivity index (χ4v) is 4.85. The van der Waals surface area contributed by atoms with Crippen LogP contribution in [0.15, 0.2) is 51.7 Å². The molecule has 0 radical (unpaired) electrons. The van der Waals surface area contributed by atoms with Gasteiger partial charge in [-0.2, -0.15) is 0 Å². The second kappa shape index (κ2) is 8.76. The maximum absolute atomic E-state index is 13.7. The van der Waals surface area contributed by atoms with E-state index in [1.807, 2.05) is 31.2 Å². The summed E-state index contributed by atoms with van der Waals surface area (Å²) in [5.41, 5.74) is 3.95. The molecule has 1 saturated heterocycles. The maximum atomic E-state index is 13.7. The second-order valence-corrected chi connectivity index (χ2v) is 9.35. The number of rotatable bonds is 5. The fraction of sp³-hybridized carbons (Fsp3) is 0.407. The minimum Gasteiger partial charge on any atom is -0.450 e. The summed E-state index contributed by atoms with van der Waals surface area (Å²) in [5, 5.41) is 0.528. The molecule has 2 aromatic carbocycles. The Kier molecular flexibility index (Phi) is 5.81. The van der Waals surface area contributed by atoms with E-state index >= 15 is 0 Å². The number of hydrogen-bond donors (Lipinski definition) is 0. The van der Waals surface area contributed by atoms with Crippen molar-refractivity contribution in [2.45, 2.75) is 32.7 Å². The molecule has 2 aliphatic heterocycles. The monoisotopic (exact) mass is 446 g/mol. The number of ether oxygens (including phenoxy) is 1. The molecule has 2 aliphatic rings. The Balaban J connectivity index is 1.59. The molecule has 6 nitrogen and oxygen atoms in total. The van der Waals surface area contributed by atoms with Crippen molar-refractivity contribution in [2.24, 2.45) is 0 Å². The summed E-state index contributed by atoms with van der Waals surface area (Å²) in [6, 6.07) is 13.4. The van der Waals surface area contributed by atoms with E-state index in [-0.39, 0.29) is 17.1 Å². The quantitative estimate of drug-likeness (QED) is 0.590. The second-order valence-electron chi connectivity index (χ2n) is 9.35. The smallest absolute Gasteiger partial charge is 0.290 e. The van der Waals surface area contributed by atoms with Gasteiger partial charge in [-0.25, -0.2) is 0 Å². The molecule has 1 aromatic heterocycles. The van der Waals surface area contributed by atoms with Crippen molar-refractivity contribution in [1.82, 2.24) is 9.80 Å². The molecule has 5 rings (SSSR count). The summed E-state index contributed by atoms with van der Waals surface area (Å²) in [7, 11) is 0. The van der Waals surface area contributed by atoms with Gasteiger partial charge in [0.05, 0.1) is 30.2 Å². The number of amides is 1. The van der Waals surface area contributed by atoms with Gasteiger partial charge in [-0.15, -0.1) is 0 Å². The summed E-state index contributed by atoms with van der Waals surface area (Å²) >= 11 is 0. The maximum Gasteiger partial charge on any atom is 0.290 e. The Bertz CT molecular complexity index is 1240. The minimum absolute atomic E-state index is 0.116. The van der Waals surface area contributed by atoms with Crippen molar-refractivity contribution in [3.8, 4) is 0 Å². The third-order valence-electron chi connectivity index (χ3n) is 6.80. The summed E-state index contributed by atoms with van der Waals surface area (Å²) in [5.74, 6) is 0.373. The van der Waals surface area contributed by atoms with E-state index in [0.717, 1.165) is 30.8 Å². The van der Waals surface area contributed by atoms with E-state index in [1.165, 1.54) is 5.56 Å². The van der Waals surface area contributed by atoms with Gasteiger partial charge in [0.1, 0.15) is 5.58 Å². The van der Waals surface area contributed by atoms with Gasteiger partial charge >= 0.3 is 0 Å². The summed E-state index contributed by atoms with van der Waals surface area (Å²) in [6.45, 7) is 10.6. The fourth-order valence-electron chi connectivity index (χ4n) is 4.85. The Morgan fingerprint density at radius 3 is 2.42 bits per heavy atom. The van der Waals surface area contributed by atoms with Crippen molar-refractivity contribution in [3.05, 3.63) is 80.7 Å². The summed E-state index contributed by atoms with van der Waals surface area (Å²) < 4.78 is 11.5. The van der Waals surface area contributed by atoms with Crippen LogP contribution < -0.4 is 5.43 Å². The topological polar surface area (TPSA) is 63.0 Å². The van der Waals surface area contributed by atoms with Crippen LogP contribution in [0.25, 0.3) is 11.0 Å². The Morgan fingerprint density at radius 2 is 1.73 bits per heavy atom. The highest BCUT2D eigenvalue weighted by Crippen LogP contribution is 2.38. The molecule has 1 atom stereocenters. The van der Waals surface area contributed by atoms with Gasteiger partial charge in [-0.05, 0) is 36.1 Å². The number of hydrogen-bond acceptors (Lipinski definition) is 5. The first-order valence-corrected chi connectivity index (χ1v) is 11.7. The Morgan fingerprint density at radius 1 is 1.00 bits per heavy atom. The number of carbonyl (C=O) groups excluding carboxylic acids is 1. The summed E-state index contributed by atoms with van der Waals surface area (Å²) in [6.07, 6.45) is 0. The first-order valence-electron chi connectivity index (χ1n) is 11.7. The number of benzene rings is 2. The third kappa shape index (κ3) is 3.98. The predicted octanol–water partition coefficient (Wildman–Crippen LogP) is 4.10. The van der Waals surface area contributed by atoms with Gasteiger partial charge in [0, 0.05) is 26.2 Å². The van der Waals surface area contributed by atoms with Crippen molar-refractivity contribution >= 4 is 16.9 Å². The average molecular weight is 447 g/mol. The number of carbonyl (C=O) groups is 1. The van der Waals surface area contributed by atoms with Gasteiger partial charge < -0.3 is 14.1 Å². The number of morpholine rings is 1. The zero-order valence-corrected chi connectivity index (χ0v) is 19.5. The molecule has 0 N–H and O–H groups in total. The van der Waals surface area contributed by atoms with Crippen molar-refractivity contribution in [2.75, 3.05) is 39.4 Å². The molecule has 0 aliphatic carbocycles. The molecular formula is C27H30N2O4. The lowest BCUT2D eigenvalue weighted by atomic mass is 9.95. The standard InChI is InChI=1S/C27H30N2O4/c1-17(2)19-5-7-20(8-6-19)24-23-25(30)21-16-18(3)4-9-22(21)33-26(23)27(31)29(24)11-10-28-12-14-32-15-13-28/h4-9,16-17,24H,10-15H2,1-3H3/t24-/m0/s1. The minimum atomic E-state index is -0.448. The first-order chi connectivity index (χ1) is 15.9. The highest BCUT2D eigenvalue weighted by atomic mass is 16.5. The van der Waals surface area contributed by atoms with Gasteiger partial charge in [0.2, 0.25) is 5.76 Å². The van der Waals surface area contributed by atoms with Crippen molar-refractivity contribution in [3.63, 3.8) is 0 Å². The molecule has 33 heavy (non-hydrogen) atoms. The zero-order chi connectivity index (χ0) is 23.1. The van der Waals surface area contributed by atoms with Gasteiger partial charge in [0.25, 0.3) is 5.91 Å². The van der Waals surface area contributed by atoms with Gasteiger partial charge in [-0.1, -0.05) is 49.7 Å². The number of aryl methyl sites for hydroxylation is 1. The van der Waals surface area contributed by atoms with E-state index in [0.29, 0.717) is 42.2 Å². The molecule has 0 saturated carbocycles. The van der Waals surface area contributed by atoms with E-state index in [9.17, 15) is 9.59 Å². The van der Waals surface area contributed by atoms with Crippen LogP contribution in [-0.2, 0) is 4.74 Å². The SMILES string of the molecule is Cc1ccc2oc3c(c(=O)c2c1)[C@H](c1ccc(C(C)C)cc1)N(CCN1CCOCC1)C3=O. The highest BCUT2D eigenvalue weighted by molar-refractivity contribution is 5.99. The average Bonchev–Trinajstić information content (AvgIpc) is 3.10. The third-order valence-corrected chi connectivity index (χ3v) is 6.80. The zero-order valence-electron chi connectivity index (χ0n) is 19.5. The molecule has 1 amide bonds. The van der Waals surface area contributed by atoms with Crippen LogP contribution in [0.4, 0.5) is 0 Å². The van der Waals surface area contributed by atoms with E-state index < -0.39 is 6.04 Å². The predicted molar refractivity (Wildman–Crippen MR) is 128 cm³/mol. The van der Waals surface area contributed by atoms with Crippen molar-refractivity contribution < 1.29 is 13.9 Å². The van der Waals surface area contributed by atoms with Crippen LogP contribution >= 0.6 is 0 Å². The molecule has 3 aromatic rings. The highest BCUT2D eigenvalue weighted by Gasteiger charge is 2.42. The summed E-state index contributed by atoms with van der Waals surface area (Å²) in [4.78, 5) is 31.3. The Labute approximate surface area is 193 Å². The molecule has 3 heterocycles. The van der Waals surface area contributed by atoms with Crippen LogP contribution in [0.1, 0.15) is 58.6 Å². The molecular weight excluding hydrogens is 416 g/mol. The molecule has 6 heteroatoms. The molecule has 0 unspecified atom stereocenters. The lowest BCUT2D eigenvalue weighted by molar-refractivity contribution is 0.0314. The first kappa shape index (κ1) is 21.9. The van der Waals surface area contributed by atoms with Crippen LogP contribution in [0.2, 0.25) is 0 Å². The largest absolute Gasteiger partial charge is 0.450 e. The normalized spacial score (nSPS) is 19.0. The Hall–Kier alpha value is -2.96. The van der Waals surface area contributed by atoms with E-state index in [4.69, 9.17) is 9.15 Å². The lowest BCUT2D eigenvalue weighted by Crippen LogP contribution is -2.42. The van der Waals surface area contributed by atoms with Crippen LogP contribution in [-0.4, -0.2) is 55.1 Å². The van der Waals surface area contributed by atoms with Crippen molar-refractivity contribution in [1.29, 1.82) is 0 Å². The van der Waals surface area contributed by atoms with Crippen LogP contribution in [0.5, 0.6) is 0 Å². The molecule has 172 valence electrons. The number of fused-ring (bicyclic) bond motifs is 2. The molecule has 1 fully saturated rings. The van der Waals surface area contributed by atoms with Crippen LogP contribution in [0.3, 0.4) is 0 Å². The van der Waals surface area contributed by atoms with E-state index in [2.05, 4.69) is 30.9 Å². The number of nitrogens with zero attached hydrogens (tertiary/aromatic N) is 2. The molecule has 0 spiro atoms. The van der Waals surface area contributed by atoms with Crippen LogP contribution in [0, 0.1) is 6.92 Å². The lowest BCUT2D eigenvalue weighted by Gasteiger charge is -2.31. The van der Waals surface area contributed by atoms with Gasteiger partial charge in [0.15, 0.2) is 5.43 Å². The van der Waals surface area contributed by atoms with Gasteiger partial charge in [-0.3, -0.25) is 14.5 Å². The van der Waals surface area contributed by atoms with E-state index in [1.54, 1.807) is 11.0 Å².